The van der Waals surface area contributed by atoms with Crippen molar-refractivity contribution < 1.29 is 9.72 Å². The van der Waals surface area contributed by atoms with Crippen molar-refractivity contribution in [2.24, 2.45) is 5.92 Å². The zero-order valence-electron chi connectivity index (χ0n) is 13.9. The Kier molecular flexibility index (Phi) is 5.65. The predicted octanol–water partition coefficient (Wildman–Crippen LogP) is 3.23. The third kappa shape index (κ3) is 4.36. The molecule has 0 bridgehead atoms. The van der Waals surface area contributed by atoms with Gasteiger partial charge in [-0.05, 0) is 36.8 Å². The van der Waals surface area contributed by atoms with Crippen molar-refractivity contribution in [3.8, 4) is 0 Å². The van der Waals surface area contributed by atoms with Crippen molar-refractivity contribution in [2.45, 2.75) is 19.3 Å². The van der Waals surface area contributed by atoms with Crippen LogP contribution < -0.4 is 10.2 Å². The van der Waals surface area contributed by atoms with Gasteiger partial charge in [0, 0.05) is 36.5 Å². The summed E-state index contributed by atoms with van der Waals surface area (Å²) in [6, 6.07) is 10.9. The summed E-state index contributed by atoms with van der Waals surface area (Å²) in [6.07, 6.45) is 2.30. The van der Waals surface area contributed by atoms with Crippen LogP contribution in [0.3, 0.4) is 0 Å². The number of hydrogen-bond acceptors (Lipinski definition) is 5. The molecule has 0 radical (unpaired) electrons. The van der Waals surface area contributed by atoms with Crippen LogP contribution in [0, 0.1) is 16.0 Å². The lowest BCUT2D eigenvalue weighted by molar-refractivity contribution is -0.384. The molecule has 6 nitrogen and oxygen atoms in total. The fraction of sp³-hybridized carbons (Fsp3) is 0.389. The van der Waals surface area contributed by atoms with Gasteiger partial charge >= 0.3 is 0 Å². The number of carbonyl (C=O) groups is 1. The Morgan fingerprint density at radius 2 is 2.00 bits per heavy atom. The van der Waals surface area contributed by atoms with Crippen LogP contribution in [-0.4, -0.2) is 30.5 Å². The largest absolute Gasteiger partial charge is 0.366 e. The Bertz CT molecular complexity index is 725. The number of nitro groups is 1. The molecule has 3 rings (SSSR count). The van der Waals surface area contributed by atoms with E-state index in [0.29, 0.717) is 25.3 Å². The van der Waals surface area contributed by atoms with Crippen molar-refractivity contribution in [1.29, 1.82) is 0 Å². The number of nitro benzene ring substituents is 1. The number of nitrogens with zero attached hydrogens (tertiary/aromatic N) is 2. The predicted molar refractivity (Wildman–Crippen MR) is 99.1 cm³/mol. The molecule has 1 aromatic carbocycles. The minimum absolute atomic E-state index is 0.0117. The topological polar surface area (TPSA) is 75.5 Å². The SMILES string of the molecule is O=C(NCCc1cccs1)C1CCN(c2ccccc2[N+](=O)[O-])CC1. The molecule has 1 aliphatic rings. The molecule has 1 fully saturated rings. The summed E-state index contributed by atoms with van der Waals surface area (Å²) in [5, 5.41) is 16.2. The van der Waals surface area contributed by atoms with Gasteiger partial charge in [-0.25, -0.2) is 0 Å². The molecule has 2 heterocycles. The first kappa shape index (κ1) is 17.4. The molecule has 0 atom stereocenters. The van der Waals surface area contributed by atoms with Crippen LogP contribution in [0.1, 0.15) is 17.7 Å². The van der Waals surface area contributed by atoms with E-state index in [2.05, 4.69) is 11.4 Å². The standard InChI is InChI=1S/C18H21N3O3S/c22-18(19-10-7-15-4-3-13-25-15)14-8-11-20(12-9-14)16-5-1-2-6-17(16)21(23)24/h1-6,13-14H,7-12H2,(H,19,22). The summed E-state index contributed by atoms with van der Waals surface area (Å²) >= 11 is 1.70. The third-order valence-electron chi connectivity index (χ3n) is 4.54. The number of anilines is 1. The molecule has 7 heteroatoms. The van der Waals surface area contributed by atoms with Crippen LogP contribution in [0.25, 0.3) is 0 Å². The van der Waals surface area contributed by atoms with Crippen LogP contribution in [-0.2, 0) is 11.2 Å². The van der Waals surface area contributed by atoms with Crippen molar-refractivity contribution in [1.82, 2.24) is 5.32 Å². The lowest BCUT2D eigenvalue weighted by Gasteiger charge is -2.32. The van der Waals surface area contributed by atoms with Crippen molar-refractivity contribution >= 4 is 28.6 Å². The maximum absolute atomic E-state index is 12.3. The van der Waals surface area contributed by atoms with Crippen molar-refractivity contribution in [3.63, 3.8) is 0 Å². The van der Waals surface area contributed by atoms with E-state index in [4.69, 9.17) is 0 Å². The normalized spacial score (nSPS) is 15.1. The lowest BCUT2D eigenvalue weighted by atomic mass is 9.95. The highest BCUT2D eigenvalue weighted by Gasteiger charge is 2.27. The molecular formula is C18H21N3O3S. The second-order valence-corrected chi connectivity index (χ2v) is 7.16. The fourth-order valence-corrected chi connectivity index (χ4v) is 3.89. The molecule has 2 aromatic rings. The average molecular weight is 359 g/mol. The summed E-state index contributed by atoms with van der Waals surface area (Å²) in [6.45, 7) is 1.98. The Morgan fingerprint density at radius 1 is 1.24 bits per heavy atom. The molecule has 1 aromatic heterocycles. The van der Waals surface area contributed by atoms with E-state index < -0.39 is 0 Å². The van der Waals surface area contributed by atoms with Gasteiger partial charge in [0.15, 0.2) is 0 Å². The van der Waals surface area contributed by atoms with Crippen LogP contribution in [0.4, 0.5) is 11.4 Å². The zero-order chi connectivity index (χ0) is 17.6. The lowest BCUT2D eigenvalue weighted by Crippen LogP contribution is -2.41. The van der Waals surface area contributed by atoms with Gasteiger partial charge < -0.3 is 10.2 Å². The highest BCUT2D eigenvalue weighted by atomic mass is 32.1. The molecule has 1 amide bonds. The van der Waals surface area contributed by atoms with E-state index in [1.54, 1.807) is 23.5 Å². The summed E-state index contributed by atoms with van der Waals surface area (Å²) in [7, 11) is 0. The van der Waals surface area contributed by atoms with Gasteiger partial charge in [-0.2, -0.15) is 0 Å². The van der Waals surface area contributed by atoms with Gasteiger partial charge in [0.2, 0.25) is 5.91 Å². The fourth-order valence-electron chi connectivity index (χ4n) is 3.18. The van der Waals surface area contributed by atoms with Crippen molar-refractivity contribution in [3.05, 3.63) is 56.8 Å². The number of thiophene rings is 1. The highest BCUT2D eigenvalue weighted by Crippen LogP contribution is 2.31. The maximum atomic E-state index is 12.3. The smallest absolute Gasteiger partial charge is 0.292 e. The van der Waals surface area contributed by atoms with Gasteiger partial charge in [0.1, 0.15) is 5.69 Å². The molecule has 0 unspecified atom stereocenters. The Balaban J connectivity index is 1.50. The Morgan fingerprint density at radius 3 is 2.68 bits per heavy atom. The maximum Gasteiger partial charge on any atom is 0.292 e. The zero-order valence-corrected chi connectivity index (χ0v) is 14.7. The Labute approximate surface area is 150 Å². The molecule has 1 N–H and O–H groups in total. The number of hydrogen-bond donors (Lipinski definition) is 1. The quantitative estimate of drug-likeness (QED) is 0.635. The second-order valence-electron chi connectivity index (χ2n) is 6.13. The molecule has 0 saturated carbocycles. The molecule has 0 spiro atoms. The minimum Gasteiger partial charge on any atom is -0.366 e. The van der Waals surface area contributed by atoms with E-state index in [9.17, 15) is 14.9 Å². The molecular weight excluding hydrogens is 338 g/mol. The number of carbonyl (C=O) groups excluding carboxylic acids is 1. The number of para-hydroxylation sites is 2. The first-order chi connectivity index (χ1) is 12.1. The number of nitrogens with one attached hydrogen (secondary N) is 1. The van der Waals surface area contributed by atoms with E-state index in [1.807, 2.05) is 22.4 Å². The summed E-state index contributed by atoms with van der Waals surface area (Å²) in [5.74, 6) is 0.0844. The van der Waals surface area contributed by atoms with Gasteiger partial charge in [-0.3, -0.25) is 14.9 Å². The van der Waals surface area contributed by atoms with Crippen molar-refractivity contribution in [2.75, 3.05) is 24.5 Å². The molecule has 1 saturated heterocycles. The van der Waals surface area contributed by atoms with E-state index in [-0.39, 0.29) is 22.4 Å². The number of amides is 1. The van der Waals surface area contributed by atoms with Gasteiger partial charge in [-0.15, -0.1) is 11.3 Å². The Hall–Kier alpha value is -2.41. The van der Waals surface area contributed by atoms with Gasteiger partial charge in [0.25, 0.3) is 5.69 Å². The summed E-state index contributed by atoms with van der Waals surface area (Å²) in [5.41, 5.74) is 0.769. The third-order valence-corrected chi connectivity index (χ3v) is 5.47. The van der Waals surface area contributed by atoms with Gasteiger partial charge in [-0.1, -0.05) is 18.2 Å². The first-order valence-corrected chi connectivity index (χ1v) is 9.31. The highest BCUT2D eigenvalue weighted by molar-refractivity contribution is 7.09. The molecule has 1 aliphatic heterocycles. The van der Waals surface area contributed by atoms with Crippen LogP contribution >= 0.6 is 11.3 Å². The minimum atomic E-state index is -0.349. The van der Waals surface area contributed by atoms with Crippen LogP contribution in [0.2, 0.25) is 0 Å². The van der Waals surface area contributed by atoms with E-state index >= 15 is 0 Å². The van der Waals surface area contributed by atoms with E-state index in [0.717, 1.165) is 19.3 Å². The monoisotopic (exact) mass is 359 g/mol. The molecule has 25 heavy (non-hydrogen) atoms. The second kappa shape index (κ2) is 8.11. The number of benzene rings is 1. The molecule has 132 valence electrons. The summed E-state index contributed by atoms with van der Waals surface area (Å²) in [4.78, 5) is 26.4. The van der Waals surface area contributed by atoms with Gasteiger partial charge in [0.05, 0.1) is 4.92 Å². The average Bonchev–Trinajstić information content (AvgIpc) is 3.15. The summed E-state index contributed by atoms with van der Waals surface area (Å²) < 4.78 is 0. The van der Waals surface area contributed by atoms with Crippen LogP contribution in [0.15, 0.2) is 41.8 Å². The van der Waals surface area contributed by atoms with Crippen LogP contribution in [0.5, 0.6) is 0 Å². The van der Waals surface area contributed by atoms with E-state index in [1.165, 1.54) is 10.9 Å². The number of piperidine rings is 1. The first-order valence-electron chi connectivity index (χ1n) is 8.43. The molecule has 0 aliphatic carbocycles. The number of rotatable bonds is 6.